The maximum absolute atomic E-state index is 12.8. The van der Waals surface area contributed by atoms with Crippen LogP contribution in [0.2, 0.25) is 0 Å². The predicted octanol–water partition coefficient (Wildman–Crippen LogP) is 3.73. The zero-order valence-electron chi connectivity index (χ0n) is 15.0. The van der Waals surface area contributed by atoms with E-state index in [0.29, 0.717) is 5.88 Å². The molecular formula is C19H24N4O2. The summed E-state index contributed by atoms with van der Waals surface area (Å²) >= 11 is 0. The van der Waals surface area contributed by atoms with E-state index >= 15 is 0 Å². The number of aryl methyl sites for hydroxylation is 2. The highest BCUT2D eigenvalue weighted by atomic mass is 16.5. The number of anilines is 1. The molecule has 1 unspecified atom stereocenters. The highest BCUT2D eigenvalue weighted by molar-refractivity contribution is 5.90. The summed E-state index contributed by atoms with van der Waals surface area (Å²) in [6.07, 6.45) is 6.36. The van der Waals surface area contributed by atoms with E-state index in [-0.39, 0.29) is 12.1 Å². The molecule has 0 bridgehead atoms. The number of nitrogens with zero attached hydrogens (tertiary/aromatic N) is 3. The lowest BCUT2D eigenvalue weighted by Crippen LogP contribution is -2.34. The van der Waals surface area contributed by atoms with Crippen molar-refractivity contribution in [2.75, 3.05) is 19.0 Å². The molecule has 1 saturated heterocycles. The first-order valence-electron chi connectivity index (χ1n) is 8.65. The lowest BCUT2D eigenvalue weighted by molar-refractivity contribution is 0.207. The van der Waals surface area contributed by atoms with Crippen LogP contribution in [0, 0.1) is 6.92 Å². The molecule has 1 atom stereocenters. The molecule has 0 aliphatic carbocycles. The van der Waals surface area contributed by atoms with Crippen LogP contribution in [0.25, 0.3) is 0 Å². The second-order valence-electron chi connectivity index (χ2n) is 6.28. The predicted molar refractivity (Wildman–Crippen MR) is 96.8 cm³/mol. The molecule has 1 fully saturated rings. The molecule has 132 valence electrons. The Morgan fingerprint density at radius 3 is 2.96 bits per heavy atom. The SMILES string of the molecule is CCc1nc(OC)ccc1NC(=O)N1CCCC1c1cncc(C)c1. The molecule has 2 aromatic heterocycles. The Morgan fingerprint density at radius 1 is 1.40 bits per heavy atom. The Kier molecular flexibility index (Phi) is 5.16. The number of urea groups is 1. The van der Waals surface area contributed by atoms with E-state index in [0.717, 1.165) is 48.3 Å². The molecule has 6 heteroatoms. The first-order valence-corrected chi connectivity index (χ1v) is 8.65. The number of amides is 2. The number of hydrogen-bond donors (Lipinski definition) is 1. The fourth-order valence-corrected chi connectivity index (χ4v) is 3.28. The number of carbonyl (C=O) groups is 1. The molecule has 0 spiro atoms. The topological polar surface area (TPSA) is 67.3 Å². The summed E-state index contributed by atoms with van der Waals surface area (Å²) in [5, 5.41) is 3.02. The zero-order valence-corrected chi connectivity index (χ0v) is 15.0. The molecule has 6 nitrogen and oxygen atoms in total. The normalized spacial score (nSPS) is 16.8. The molecule has 1 aliphatic rings. The molecule has 2 aromatic rings. The van der Waals surface area contributed by atoms with Gasteiger partial charge in [-0.15, -0.1) is 0 Å². The maximum Gasteiger partial charge on any atom is 0.322 e. The van der Waals surface area contributed by atoms with Gasteiger partial charge in [-0.1, -0.05) is 13.0 Å². The van der Waals surface area contributed by atoms with Gasteiger partial charge in [-0.2, -0.15) is 0 Å². The summed E-state index contributed by atoms with van der Waals surface area (Å²) in [5.41, 5.74) is 3.76. The number of carbonyl (C=O) groups excluding carboxylic acids is 1. The van der Waals surface area contributed by atoms with Crippen LogP contribution in [0.5, 0.6) is 5.88 Å². The number of ether oxygens (including phenoxy) is 1. The highest BCUT2D eigenvalue weighted by Crippen LogP contribution is 2.32. The van der Waals surface area contributed by atoms with Crippen molar-refractivity contribution in [2.45, 2.75) is 39.2 Å². The number of methoxy groups -OCH3 is 1. The third kappa shape index (κ3) is 3.73. The number of hydrogen-bond acceptors (Lipinski definition) is 4. The Bertz CT molecular complexity index is 763. The van der Waals surface area contributed by atoms with Crippen molar-refractivity contribution in [3.05, 3.63) is 47.4 Å². The summed E-state index contributed by atoms with van der Waals surface area (Å²) in [4.78, 5) is 23.4. The van der Waals surface area contributed by atoms with Crippen molar-refractivity contribution in [2.24, 2.45) is 0 Å². The van der Waals surface area contributed by atoms with Crippen molar-refractivity contribution in [3.63, 3.8) is 0 Å². The summed E-state index contributed by atoms with van der Waals surface area (Å²) in [6.45, 7) is 4.77. The molecule has 2 amide bonds. The van der Waals surface area contributed by atoms with Crippen LogP contribution in [-0.2, 0) is 6.42 Å². The average molecular weight is 340 g/mol. The largest absolute Gasteiger partial charge is 0.481 e. The van der Waals surface area contributed by atoms with E-state index in [1.807, 2.05) is 37.2 Å². The zero-order chi connectivity index (χ0) is 17.8. The number of rotatable bonds is 4. The van der Waals surface area contributed by atoms with Crippen molar-refractivity contribution in [1.82, 2.24) is 14.9 Å². The monoisotopic (exact) mass is 340 g/mol. The van der Waals surface area contributed by atoms with Gasteiger partial charge in [0, 0.05) is 25.0 Å². The quantitative estimate of drug-likeness (QED) is 0.921. The fourth-order valence-electron chi connectivity index (χ4n) is 3.28. The van der Waals surface area contributed by atoms with E-state index in [1.54, 1.807) is 13.2 Å². The summed E-state index contributed by atoms with van der Waals surface area (Å²) in [5.74, 6) is 0.555. The molecule has 0 aromatic carbocycles. The molecule has 3 rings (SSSR count). The third-order valence-electron chi connectivity index (χ3n) is 4.53. The number of pyridine rings is 2. The molecule has 3 heterocycles. The van der Waals surface area contributed by atoms with Gasteiger partial charge in [-0.05, 0) is 43.4 Å². The molecule has 1 N–H and O–H groups in total. The van der Waals surface area contributed by atoms with Gasteiger partial charge in [-0.25, -0.2) is 9.78 Å². The van der Waals surface area contributed by atoms with E-state index in [9.17, 15) is 4.79 Å². The van der Waals surface area contributed by atoms with Crippen molar-refractivity contribution in [1.29, 1.82) is 0 Å². The summed E-state index contributed by atoms with van der Waals surface area (Å²) in [7, 11) is 1.59. The lowest BCUT2D eigenvalue weighted by atomic mass is 10.1. The van der Waals surface area contributed by atoms with Gasteiger partial charge in [0.15, 0.2) is 0 Å². The third-order valence-corrected chi connectivity index (χ3v) is 4.53. The van der Waals surface area contributed by atoms with Gasteiger partial charge in [-0.3, -0.25) is 4.98 Å². The summed E-state index contributed by atoms with van der Waals surface area (Å²) in [6, 6.07) is 5.70. The van der Waals surface area contributed by atoms with Crippen LogP contribution < -0.4 is 10.1 Å². The molecular weight excluding hydrogens is 316 g/mol. The standard InChI is InChI=1S/C19H24N4O2/c1-4-15-16(7-8-18(21-15)25-3)22-19(24)23-9-5-6-17(23)14-10-13(2)11-20-12-14/h7-8,10-12,17H,4-6,9H2,1-3H3,(H,22,24). The lowest BCUT2D eigenvalue weighted by Gasteiger charge is -2.25. The van der Waals surface area contributed by atoms with Crippen molar-refractivity contribution >= 4 is 11.7 Å². The molecule has 0 saturated carbocycles. The van der Waals surface area contributed by atoms with E-state index in [4.69, 9.17) is 4.74 Å². The second-order valence-corrected chi connectivity index (χ2v) is 6.28. The van der Waals surface area contributed by atoms with Crippen LogP contribution in [0.1, 0.15) is 42.6 Å². The second kappa shape index (κ2) is 7.51. The first-order chi connectivity index (χ1) is 12.1. The molecule has 25 heavy (non-hydrogen) atoms. The van der Waals surface area contributed by atoms with Gasteiger partial charge in [0.25, 0.3) is 0 Å². The minimum absolute atomic E-state index is 0.0729. The van der Waals surface area contributed by atoms with Crippen LogP contribution in [-0.4, -0.2) is 34.6 Å². The average Bonchev–Trinajstić information content (AvgIpc) is 3.12. The van der Waals surface area contributed by atoms with Gasteiger partial charge < -0.3 is 15.0 Å². The number of nitrogens with one attached hydrogen (secondary N) is 1. The van der Waals surface area contributed by atoms with Gasteiger partial charge in [0.1, 0.15) is 0 Å². The minimum atomic E-state index is -0.0920. The number of likely N-dealkylation sites (tertiary alicyclic amines) is 1. The Hall–Kier alpha value is -2.63. The van der Waals surface area contributed by atoms with E-state index < -0.39 is 0 Å². The number of aromatic nitrogens is 2. The van der Waals surface area contributed by atoms with E-state index in [1.165, 1.54) is 0 Å². The minimum Gasteiger partial charge on any atom is -0.481 e. The van der Waals surface area contributed by atoms with Crippen LogP contribution in [0.4, 0.5) is 10.5 Å². The fraction of sp³-hybridized carbons (Fsp3) is 0.421. The van der Waals surface area contributed by atoms with Gasteiger partial charge >= 0.3 is 6.03 Å². The maximum atomic E-state index is 12.8. The molecule has 0 radical (unpaired) electrons. The van der Waals surface area contributed by atoms with Crippen molar-refractivity contribution in [3.8, 4) is 5.88 Å². The smallest absolute Gasteiger partial charge is 0.322 e. The van der Waals surface area contributed by atoms with Gasteiger partial charge in [0.2, 0.25) is 5.88 Å². The summed E-state index contributed by atoms with van der Waals surface area (Å²) < 4.78 is 5.16. The highest BCUT2D eigenvalue weighted by Gasteiger charge is 2.30. The van der Waals surface area contributed by atoms with E-state index in [2.05, 4.69) is 21.4 Å². The Labute approximate surface area is 148 Å². The first kappa shape index (κ1) is 17.2. The Morgan fingerprint density at radius 2 is 2.24 bits per heavy atom. The molecule has 1 aliphatic heterocycles. The van der Waals surface area contributed by atoms with Gasteiger partial charge in [0.05, 0.1) is 24.5 Å². The van der Waals surface area contributed by atoms with Crippen LogP contribution in [0.3, 0.4) is 0 Å². The Balaban J connectivity index is 1.78. The van der Waals surface area contributed by atoms with Crippen LogP contribution in [0.15, 0.2) is 30.6 Å². The van der Waals surface area contributed by atoms with Crippen molar-refractivity contribution < 1.29 is 9.53 Å². The van der Waals surface area contributed by atoms with Crippen LogP contribution >= 0.6 is 0 Å².